The Morgan fingerprint density at radius 1 is 1.30 bits per heavy atom. The number of nitriles is 1. The third kappa shape index (κ3) is 2.93. The van der Waals surface area contributed by atoms with Gasteiger partial charge in [0, 0.05) is 6.07 Å². The molecule has 2 aromatic rings. The van der Waals surface area contributed by atoms with Crippen molar-refractivity contribution in [2.75, 3.05) is 0 Å². The fourth-order valence-electron chi connectivity index (χ4n) is 1.78. The Balaban J connectivity index is 2.24. The Morgan fingerprint density at radius 3 is 2.70 bits per heavy atom. The highest BCUT2D eigenvalue weighted by Gasteiger charge is 2.16. The van der Waals surface area contributed by atoms with Crippen LogP contribution in [-0.4, -0.2) is 4.92 Å². The van der Waals surface area contributed by atoms with Crippen LogP contribution in [0.5, 0.6) is 5.75 Å². The summed E-state index contributed by atoms with van der Waals surface area (Å²) in [6.07, 6.45) is 0. The average molecular weight is 268 g/mol. The van der Waals surface area contributed by atoms with Gasteiger partial charge in [-0.3, -0.25) is 10.1 Å². The van der Waals surface area contributed by atoms with Gasteiger partial charge in [-0.05, 0) is 30.2 Å². The number of rotatable bonds is 4. The topological polar surface area (TPSA) is 76.2 Å². The molecule has 0 unspecified atom stereocenters. The Bertz CT molecular complexity index is 690. The summed E-state index contributed by atoms with van der Waals surface area (Å²) in [6.45, 7) is 2.20. The smallest absolute Gasteiger partial charge is 0.312 e. The summed E-state index contributed by atoms with van der Waals surface area (Å²) in [4.78, 5) is 10.4. The minimum atomic E-state index is -0.548. The van der Waals surface area contributed by atoms with E-state index >= 15 is 0 Å². The molecule has 2 aromatic carbocycles. The summed E-state index contributed by atoms with van der Waals surface area (Å²) in [7, 11) is 0. The molecule has 0 aliphatic heterocycles. The van der Waals surface area contributed by atoms with Gasteiger partial charge in [0.1, 0.15) is 6.61 Å². The molecule has 5 heteroatoms. The monoisotopic (exact) mass is 268 g/mol. The van der Waals surface area contributed by atoms with E-state index in [0.29, 0.717) is 0 Å². The van der Waals surface area contributed by atoms with Crippen LogP contribution in [0.25, 0.3) is 0 Å². The van der Waals surface area contributed by atoms with Crippen molar-refractivity contribution in [2.24, 2.45) is 0 Å². The molecular weight excluding hydrogens is 256 g/mol. The summed E-state index contributed by atoms with van der Waals surface area (Å²) in [5.41, 5.74) is 2.06. The van der Waals surface area contributed by atoms with Crippen molar-refractivity contribution in [3.05, 3.63) is 69.3 Å². The lowest BCUT2D eigenvalue weighted by Crippen LogP contribution is -2.01. The summed E-state index contributed by atoms with van der Waals surface area (Å²) < 4.78 is 5.51. The van der Waals surface area contributed by atoms with Gasteiger partial charge in [-0.2, -0.15) is 5.26 Å². The molecule has 0 saturated heterocycles. The Kier molecular flexibility index (Phi) is 3.96. The molecule has 0 amide bonds. The molecule has 0 atom stereocenters. The number of aryl methyl sites for hydroxylation is 1. The summed E-state index contributed by atoms with van der Waals surface area (Å²) in [6, 6.07) is 13.7. The molecular formula is C15H12N2O3. The maximum Gasteiger partial charge on any atom is 0.312 e. The summed E-state index contributed by atoms with van der Waals surface area (Å²) in [5.74, 6) is 0.164. The molecule has 0 aliphatic rings. The van der Waals surface area contributed by atoms with Crippen LogP contribution >= 0.6 is 0 Å². The highest BCUT2D eigenvalue weighted by Crippen LogP contribution is 2.28. The SMILES string of the molecule is Cc1ccccc1COc1ccc(C#N)cc1[N+](=O)[O-]. The van der Waals surface area contributed by atoms with Gasteiger partial charge in [0.25, 0.3) is 0 Å². The molecule has 0 spiro atoms. The molecule has 2 rings (SSSR count). The zero-order valence-electron chi connectivity index (χ0n) is 10.9. The molecule has 0 heterocycles. The van der Waals surface area contributed by atoms with E-state index in [9.17, 15) is 10.1 Å². The van der Waals surface area contributed by atoms with Crippen LogP contribution < -0.4 is 4.74 Å². The lowest BCUT2D eigenvalue weighted by molar-refractivity contribution is -0.386. The van der Waals surface area contributed by atoms with Gasteiger partial charge in [0.15, 0.2) is 5.75 Å². The van der Waals surface area contributed by atoms with E-state index < -0.39 is 4.92 Å². The number of nitro benzene ring substituents is 1. The molecule has 20 heavy (non-hydrogen) atoms. The molecule has 100 valence electrons. The first kappa shape index (κ1) is 13.6. The van der Waals surface area contributed by atoms with Gasteiger partial charge >= 0.3 is 5.69 Å². The van der Waals surface area contributed by atoms with Gasteiger partial charge in [0.2, 0.25) is 0 Å². The van der Waals surface area contributed by atoms with Crippen molar-refractivity contribution in [1.29, 1.82) is 5.26 Å². The Hall–Kier alpha value is -2.87. The first-order chi connectivity index (χ1) is 9.61. The van der Waals surface area contributed by atoms with Crippen molar-refractivity contribution in [2.45, 2.75) is 13.5 Å². The van der Waals surface area contributed by atoms with E-state index in [1.807, 2.05) is 37.3 Å². The lowest BCUT2D eigenvalue weighted by atomic mass is 10.1. The van der Waals surface area contributed by atoms with Crippen LogP contribution in [0.1, 0.15) is 16.7 Å². The second-order valence-electron chi connectivity index (χ2n) is 4.27. The van der Waals surface area contributed by atoms with E-state index in [4.69, 9.17) is 10.00 Å². The van der Waals surface area contributed by atoms with E-state index in [0.717, 1.165) is 11.1 Å². The molecule has 0 aliphatic carbocycles. The number of hydrogen-bond donors (Lipinski definition) is 0. The van der Waals surface area contributed by atoms with Gasteiger partial charge in [-0.15, -0.1) is 0 Å². The number of ether oxygens (including phenoxy) is 1. The fraction of sp³-hybridized carbons (Fsp3) is 0.133. The van der Waals surface area contributed by atoms with Crippen LogP contribution in [0, 0.1) is 28.4 Å². The van der Waals surface area contributed by atoms with E-state index in [1.165, 1.54) is 18.2 Å². The van der Waals surface area contributed by atoms with Crippen molar-refractivity contribution < 1.29 is 9.66 Å². The van der Waals surface area contributed by atoms with Gasteiger partial charge in [0.05, 0.1) is 16.6 Å². The maximum atomic E-state index is 11.0. The van der Waals surface area contributed by atoms with Crippen LogP contribution in [0.4, 0.5) is 5.69 Å². The van der Waals surface area contributed by atoms with Crippen molar-refractivity contribution in [1.82, 2.24) is 0 Å². The normalized spacial score (nSPS) is 9.80. The van der Waals surface area contributed by atoms with Crippen molar-refractivity contribution in [3.63, 3.8) is 0 Å². The standard InChI is InChI=1S/C15H12N2O3/c1-11-4-2-3-5-13(11)10-20-15-7-6-12(9-16)8-14(15)17(18)19/h2-8H,10H2,1H3. The number of hydrogen-bond acceptors (Lipinski definition) is 4. The van der Waals surface area contributed by atoms with Gasteiger partial charge in [-0.1, -0.05) is 24.3 Å². The third-order valence-electron chi connectivity index (χ3n) is 2.93. The fourth-order valence-corrected chi connectivity index (χ4v) is 1.78. The highest BCUT2D eigenvalue weighted by molar-refractivity contribution is 5.51. The first-order valence-electron chi connectivity index (χ1n) is 5.97. The van der Waals surface area contributed by atoms with Crippen molar-refractivity contribution in [3.8, 4) is 11.8 Å². The van der Waals surface area contributed by atoms with Crippen molar-refractivity contribution >= 4 is 5.69 Å². The predicted octanol–water partition coefficient (Wildman–Crippen LogP) is 3.35. The Labute approximate surface area is 116 Å². The molecule has 0 radical (unpaired) electrons. The van der Waals surface area contributed by atoms with E-state index in [2.05, 4.69) is 0 Å². The Morgan fingerprint density at radius 2 is 2.05 bits per heavy atom. The first-order valence-corrected chi connectivity index (χ1v) is 5.97. The highest BCUT2D eigenvalue weighted by atomic mass is 16.6. The third-order valence-corrected chi connectivity index (χ3v) is 2.93. The minimum absolute atomic E-state index is 0.164. The van der Waals surface area contributed by atoms with E-state index in [-0.39, 0.29) is 23.6 Å². The predicted molar refractivity (Wildman–Crippen MR) is 73.3 cm³/mol. The number of nitro groups is 1. The van der Waals surface area contributed by atoms with Gasteiger partial charge < -0.3 is 4.74 Å². The minimum Gasteiger partial charge on any atom is -0.482 e. The second-order valence-corrected chi connectivity index (χ2v) is 4.27. The lowest BCUT2D eigenvalue weighted by Gasteiger charge is -2.09. The average Bonchev–Trinajstić information content (AvgIpc) is 2.46. The van der Waals surface area contributed by atoms with E-state index in [1.54, 1.807) is 0 Å². The van der Waals surface area contributed by atoms with Crippen LogP contribution in [0.3, 0.4) is 0 Å². The quantitative estimate of drug-likeness (QED) is 0.629. The van der Waals surface area contributed by atoms with Gasteiger partial charge in [-0.25, -0.2) is 0 Å². The zero-order chi connectivity index (χ0) is 14.5. The number of nitrogens with zero attached hydrogens (tertiary/aromatic N) is 2. The molecule has 0 N–H and O–H groups in total. The zero-order valence-corrected chi connectivity index (χ0v) is 10.9. The van der Waals surface area contributed by atoms with Crippen LogP contribution in [-0.2, 0) is 6.61 Å². The number of benzene rings is 2. The summed E-state index contributed by atoms with van der Waals surface area (Å²) in [5, 5.41) is 19.7. The molecule has 0 aromatic heterocycles. The summed E-state index contributed by atoms with van der Waals surface area (Å²) >= 11 is 0. The largest absolute Gasteiger partial charge is 0.482 e. The van der Waals surface area contributed by atoms with Crippen LogP contribution in [0.2, 0.25) is 0 Å². The van der Waals surface area contributed by atoms with Crippen LogP contribution in [0.15, 0.2) is 42.5 Å². The maximum absolute atomic E-state index is 11.0. The second kappa shape index (κ2) is 5.85. The molecule has 0 fully saturated rings. The molecule has 0 bridgehead atoms. The molecule has 0 saturated carbocycles. The molecule has 5 nitrogen and oxygen atoms in total.